The lowest BCUT2D eigenvalue weighted by Gasteiger charge is -2.34. The Bertz CT molecular complexity index is 542. The maximum absolute atomic E-state index is 3.56. The largest absolute Gasteiger partial charge is 0.371 e. The summed E-state index contributed by atoms with van der Waals surface area (Å²) < 4.78 is 0. The van der Waals surface area contributed by atoms with Crippen molar-refractivity contribution in [2.24, 2.45) is 0 Å². The molecule has 1 aliphatic rings. The SMILES string of the molecule is CCNC1CCN(c2ccc3ccccc3c2)CC1. The summed E-state index contributed by atoms with van der Waals surface area (Å²) in [6, 6.07) is 16.1. The average molecular weight is 254 g/mol. The van der Waals surface area contributed by atoms with E-state index in [1.165, 1.54) is 29.3 Å². The third kappa shape index (κ3) is 2.74. The number of nitrogens with one attached hydrogen (secondary N) is 1. The third-order valence-corrected chi connectivity index (χ3v) is 4.09. The Balaban J connectivity index is 1.74. The molecule has 0 unspecified atom stereocenters. The lowest BCUT2D eigenvalue weighted by atomic mass is 10.0. The number of fused-ring (bicyclic) bond motifs is 1. The number of nitrogens with zero attached hydrogens (tertiary/aromatic N) is 1. The molecular weight excluding hydrogens is 232 g/mol. The number of hydrogen-bond acceptors (Lipinski definition) is 2. The zero-order chi connectivity index (χ0) is 13.1. The molecule has 1 saturated heterocycles. The smallest absolute Gasteiger partial charge is 0.0372 e. The van der Waals surface area contributed by atoms with Crippen LogP contribution in [-0.4, -0.2) is 25.7 Å². The average Bonchev–Trinajstić information content (AvgIpc) is 2.48. The van der Waals surface area contributed by atoms with Crippen LogP contribution in [0.25, 0.3) is 10.8 Å². The molecular formula is C17H22N2. The van der Waals surface area contributed by atoms with Crippen molar-refractivity contribution >= 4 is 16.5 Å². The minimum atomic E-state index is 0.710. The first-order valence-corrected chi connectivity index (χ1v) is 7.34. The van der Waals surface area contributed by atoms with Gasteiger partial charge in [-0.1, -0.05) is 37.3 Å². The Labute approximate surface area is 115 Å². The van der Waals surface area contributed by atoms with Gasteiger partial charge in [0.05, 0.1) is 0 Å². The molecule has 0 atom stereocenters. The maximum Gasteiger partial charge on any atom is 0.0372 e. The first-order chi connectivity index (χ1) is 9.36. The summed E-state index contributed by atoms with van der Waals surface area (Å²) in [5.41, 5.74) is 1.37. The molecule has 1 N–H and O–H groups in total. The number of piperidine rings is 1. The van der Waals surface area contributed by atoms with E-state index < -0.39 is 0 Å². The molecule has 0 bridgehead atoms. The van der Waals surface area contributed by atoms with E-state index in [-0.39, 0.29) is 0 Å². The highest BCUT2D eigenvalue weighted by atomic mass is 15.1. The highest BCUT2D eigenvalue weighted by Crippen LogP contribution is 2.24. The zero-order valence-electron chi connectivity index (χ0n) is 11.6. The fourth-order valence-electron chi connectivity index (χ4n) is 3.00. The van der Waals surface area contributed by atoms with Gasteiger partial charge >= 0.3 is 0 Å². The lowest BCUT2D eigenvalue weighted by molar-refractivity contribution is 0.424. The van der Waals surface area contributed by atoms with E-state index >= 15 is 0 Å². The van der Waals surface area contributed by atoms with Crippen LogP contribution in [0.3, 0.4) is 0 Å². The molecule has 1 aliphatic heterocycles. The van der Waals surface area contributed by atoms with Gasteiger partial charge in [0.15, 0.2) is 0 Å². The fourth-order valence-corrected chi connectivity index (χ4v) is 3.00. The summed E-state index contributed by atoms with van der Waals surface area (Å²) in [5.74, 6) is 0. The van der Waals surface area contributed by atoms with Crippen molar-refractivity contribution in [1.29, 1.82) is 0 Å². The van der Waals surface area contributed by atoms with E-state index in [2.05, 4.69) is 59.6 Å². The first kappa shape index (κ1) is 12.5. The first-order valence-electron chi connectivity index (χ1n) is 7.34. The molecule has 1 fully saturated rings. The molecule has 0 radical (unpaired) electrons. The van der Waals surface area contributed by atoms with Crippen LogP contribution in [0.2, 0.25) is 0 Å². The highest BCUT2D eigenvalue weighted by molar-refractivity contribution is 5.85. The maximum atomic E-state index is 3.56. The van der Waals surface area contributed by atoms with E-state index in [0.717, 1.165) is 19.6 Å². The number of hydrogen-bond donors (Lipinski definition) is 1. The van der Waals surface area contributed by atoms with Gasteiger partial charge in [-0.15, -0.1) is 0 Å². The molecule has 2 aromatic rings. The molecule has 0 aromatic heterocycles. The topological polar surface area (TPSA) is 15.3 Å². The number of benzene rings is 2. The Morgan fingerprint density at radius 2 is 1.79 bits per heavy atom. The van der Waals surface area contributed by atoms with Crippen molar-refractivity contribution in [3.63, 3.8) is 0 Å². The zero-order valence-corrected chi connectivity index (χ0v) is 11.6. The molecule has 0 spiro atoms. The van der Waals surface area contributed by atoms with Gasteiger partial charge in [-0.2, -0.15) is 0 Å². The minimum Gasteiger partial charge on any atom is -0.371 e. The predicted octanol–water partition coefficient (Wildman–Crippen LogP) is 3.42. The normalized spacial score (nSPS) is 17.0. The molecule has 2 aromatic carbocycles. The van der Waals surface area contributed by atoms with Crippen molar-refractivity contribution in [2.75, 3.05) is 24.5 Å². The van der Waals surface area contributed by atoms with Crippen LogP contribution in [0.15, 0.2) is 42.5 Å². The van der Waals surface area contributed by atoms with E-state index in [1.54, 1.807) is 0 Å². The fraction of sp³-hybridized carbons (Fsp3) is 0.412. The lowest BCUT2D eigenvalue weighted by Crippen LogP contribution is -2.42. The standard InChI is InChI=1S/C17H22N2/c1-2-18-16-9-11-19(12-10-16)17-8-7-14-5-3-4-6-15(14)13-17/h3-8,13,16,18H,2,9-12H2,1H3. The summed E-state index contributed by atoms with van der Waals surface area (Å²) >= 11 is 0. The molecule has 0 aliphatic carbocycles. The van der Waals surface area contributed by atoms with Crippen molar-refractivity contribution in [2.45, 2.75) is 25.8 Å². The van der Waals surface area contributed by atoms with Gasteiger partial charge in [-0.05, 0) is 42.3 Å². The quantitative estimate of drug-likeness (QED) is 0.903. The van der Waals surface area contributed by atoms with Gasteiger partial charge in [0.2, 0.25) is 0 Å². The van der Waals surface area contributed by atoms with Crippen LogP contribution in [-0.2, 0) is 0 Å². The Morgan fingerprint density at radius 3 is 2.53 bits per heavy atom. The van der Waals surface area contributed by atoms with Crippen molar-refractivity contribution < 1.29 is 0 Å². The van der Waals surface area contributed by atoms with Crippen LogP contribution in [0.4, 0.5) is 5.69 Å². The number of anilines is 1. The Hall–Kier alpha value is -1.54. The summed E-state index contributed by atoms with van der Waals surface area (Å²) in [7, 11) is 0. The highest BCUT2D eigenvalue weighted by Gasteiger charge is 2.18. The molecule has 0 amide bonds. The molecule has 1 heterocycles. The third-order valence-electron chi connectivity index (χ3n) is 4.09. The molecule has 2 heteroatoms. The van der Waals surface area contributed by atoms with Crippen LogP contribution < -0.4 is 10.2 Å². The van der Waals surface area contributed by atoms with Gasteiger partial charge in [-0.25, -0.2) is 0 Å². The summed E-state index contributed by atoms with van der Waals surface area (Å²) in [6.45, 7) is 5.60. The van der Waals surface area contributed by atoms with Gasteiger partial charge in [0.1, 0.15) is 0 Å². The molecule has 100 valence electrons. The van der Waals surface area contributed by atoms with Crippen LogP contribution in [0, 0.1) is 0 Å². The van der Waals surface area contributed by atoms with Gasteiger partial charge in [0, 0.05) is 24.8 Å². The van der Waals surface area contributed by atoms with Crippen molar-refractivity contribution in [3.05, 3.63) is 42.5 Å². The second-order valence-corrected chi connectivity index (χ2v) is 5.35. The molecule has 0 saturated carbocycles. The summed E-state index contributed by atoms with van der Waals surface area (Å²) in [4.78, 5) is 2.51. The predicted molar refractivity (Wildman–Crippen MR) is 82.9 cm³/mol. The van der Waals surface area contributed by atoms with E-state index in [4.69, 9.17) is 0 Å². The van der Waals surface area contributed by atoms with Crippen molar-refractivity contribution in [1.82, 2.24) is 5.32 Å². The van der Waals surface area contributed by atoms with Crippen LogP contribution in [0.5, 0.6) is 0 Å². The van der Waals surface area contributed by atoms with Crippen molar-refractivity contribution in [3.8, 4) is 0 Å². The summed E-state index contributed by atoms with van der Waals surface area (Å²) in [5, 5.41) is 6.23. The summed E-state index contributed by atoms with van der Waals surface area (Å²) in [6.07, 6.45) is 2.50. The molecule has 19 heavy (non-hydrogen) atoms. The van der Waals surface area contributed by atoms with E-state index in [9.17, 15) is 0 Å². The van der Waals surface area contributed by atoms with E-state index in [1.807, 2.05) is 0 Å². The van der Waals surface area contributed by atoms with Crippen LogP contribution >= 0.6 is 0 Å². The monoisotopic (exact) mass is 254 g/mol. The van der Waals surface area contributed by atoms with Gasteiger partial charge in [-0.3, -0.25) is 0 Å². The Kier molecular flexibility index (Phi) is 3.69. The second kappa shape index (κ2) is 5.62. The van der Waals surface area contributed by atoms with Crippen LogP contribution in [0.1, 0.15) is 19.8 Å². The Morgan fingerprint density at radius 1 is 1.05 bits per heavy atom. The number of rotatable bonds is 3. The molecule has 3 rings (SSSR count). The van der Waals surface area contributed by atoms with Gasteiger partial charge < -0.3 is 10.2 Å². The minimum absolute atomic E-state index is 0.710. The molecule has 2 nitrogen and oxygen atoms in total. The van der Waals surface area contributed by atoms with E-state index in [0.29, 0.717) is 6.04 Å². The van der Waals surface area contributed by atoms with Gasteiger partial charge in [0.25, 0.3) is 0 Å². The second-order valence-electron chi connectivity index (χ2n) is 5.35.